The smallest absolute Gasteiger partial charge is 0.296 e. The van der Waals surface area contributed by atoms with Gasteiger partial charge in [-0.15, -0.1) is 10.2 Å². The first kappa shape index (κ1) is 14.7. The number of pyridine rings is 1. The predicted molar refractivity (Wildman–Crippen MR) is 95.5 cm³/mol. The van der Waals surface area contributed by atoms with E-state index in [-0.39, 0.29) is 11.0 Å². The fraction of sp³-hybridized carbons (Fsp3) is 0.579. The molecule has 6 rings (SSSR count). The number of nitrogens with zero attached hydrogens (tertiary/aromatic N) is 5. The average Bonchev–Trinajstić information content (AvgIpc) is 3.50. The van der Waals surface area contributed by atoms with Gasteiger partial charge in [0.25, 0.3) is 5.56 Å². The van der Waals surface area contributed by atoms with Crippen molar-refractivity contribution >= 4 is 16.8 Å². The molecule has 3 aliphatic rings. The first-order valence-electron chi connectivity index (χ1n) is 9.54. The van der Waals surface area contributed by atoms with Crippen molar-refractivity contribution < 1.29 is 4.74 Å². The van der Waals surface area contributed by atoms with Crippen molar-refractivity contribution in [2.45, 2.75) is 50.5 Å². The second-order valence-electron chi connectivity index (χ2n) is 8.17. The average molecular weight is 351 g/mol. The fourth-order valence-electron chi connectivity index (χ4n) is 4.41. The van der Waals surface area contributed by atoms with Crippen LogP contribution in [0.25, 0.3) is 16.8 Å². The highest BCUT2D eigenvalue weighted by Gasteiger charge is 2.58. The zero-order valence-electron chi connectivity index (χ0n) is 14.8. The molecule has 0 spiro atoms. The maximum absolute atomic E-state index is 13.2. The van der Waals surface area contributed by atoms with Gasteiger partial charge in [-0.1, -0.05) is 0 Å². The van der Waals surface area contributed by atoms with Gasteiger partial charge in [-0.05, 0) is 56.4 Å². The maximum Gasteiger partial charge on any atom is 0.296 e. The van der Waals surface area contributed by atoms with Crippen LogP contribution in [-0.4, -0.2) is 31.3 Å². The van der Waals surface area contributed by atoms with Crippen molar-refractivity contribution in [1.29, 1.82) is 0 Å². The van der Waals surface area contributed by atoms with Gasteiger partial charge < -0.3 is 9.30 Å². The summed E-state index contributed by atoms with van der Waals surface area (Å²) in [5, 5.41) is 8.84. The molecule has 3 aromatic heterocycles. The zero-order valence-corrected chi connectivity index (χ0v) is 14.8. The minimum absolute atomic E-state index is 0.0540. The van der Waals surface area contributed by atoms with Gasteiger partial charge in [-0.2, -0.15) is 4.98 Å². The van der Waals surface area contributed by atoms with Crippen LogP contribution in [0.15, 0.2) is 16.9 Å². The molecular weight excluding hydrogens is 330 g/mol. The fourth-order valence-corrected chi connectivity index (χ4v) is 4.41. The van der Waals surface area contributed by atoms with Crippen LogP contribution in [0.4, 0.5) is 0 Å². The minimum atomic E-state index is -0.0540. The summed E-state index contributed by atoms with van der Waals surface area (Å²) in [6.45, 7) is 0.732. The summed E-state index contributed by atoms with van der Waals surface area (Å²) in [5.74, 6) is 2.75. The van der Waals surface area contributed by atoms with E-state index in [1.54, 1.807) is 7.11 Å². The molecule has 0 unspecified atom stereocenters. The van der Waals surface area contributed by atoms with Gasteiger partial charge in [-0.3, -0.25) is 9.20 Å². The normalized spacial score (nSPS) is 21.4. The van der Waals surface area contributed by atoms with E-state index in [1.807, 2.05) is 21.1 Å². The van der Waals surface area contributed by atoms with Gasteiger partial charge in [0.05, 0.1) is 12.6 Å². The molecule has 7 heteroatoms. The Bertz CT molecular complexity index is 1100. The Morgan fingerprint density at radius 1 is 1.15 bits per heavy atom. The molecule has 3 aliphatic carbocycles. The topological polar surface area (TPSA) is 74.3 Å². The van der Waals surface area contributed by atoms with Crippen molar-refractivity contribution in [3.8, 4) is 5.88 Å². The summed E-state index contributed by atoms with van der Waals surface area (Å²) in [6, 6.07) is 3.78. The highest BCUT2D eigenvalue weighted by Crippen LogP contribution is 2.61. The van der Waals surface area contributed by atoms with Crippen molar-refractivity contribution in [2.75, 3.05) is 7.11 Å². The maximum atomic E-state index is 13.2. The lowest BCUT2D eigenvalue weighted by molar-refractivity contribution is 0.399. The second-order valence-corrected chi connectivity index (χ2v) is 8.17. The standard InChI is InChI=1S/C19H21N5O2/c1-26-14-7-6-13-15(20-14)24-16(17(25)23(13)10-11-2-3-11)21-22-18(24)19(8-9-19)12-4-5-12/h6-7,11-12H,2-5,8-10H2,1H3. The minimum Gasteiger partial charge on any atom is -0.481 e. The molecule has 0 bridgehead atoms. The Labute approximate surface area is 150 Å². The molecule has 0 aliphatic heterocycles. The monoisotopic (exact) mass is 351 g/mol. The molecule has 0 atom stereocenters. The van der Waals surface area contributed by atoms with Gasteiger partial charge >= 0.3 is 0 Å². The third-order valence-electron chi connectivity index (χ3n) is 6.37. The molecule has 3 saturated carbocycles. The summed E-state index contributed by atoms with van der Waals surface area (Å²) >= 11 is 0. The van der Waals surface area contributed by atoms with Gasteiger partial charge in [0, 0.05) is 18.0 Å². The molecule has 7 nitrogen and oxygen atoms in total. The van der Waals surface area contributed by atoms with E-state index in [0.29, 0.717) is 23.4 Å². The number of aromatic nitrogens is 5. The van der Waals surface area contributed by atoms with E-state index in [2.05, 4.69) is 10.2 Å². The number of methoxy groups -OCH3 is 1. The predicted octanol–water partition coefficient (Wildman–Crippen LogP) is 2.30. The largest absolute Gasteiger partial charge is 0.481 e. The van der Waals surface area contributed by atoms with Crippen LogP contribution in [0.1, 0.15) is 44.3 Å². The molecule has 0 saturated heterocycles. The van der Waals surface area contributed by atoms with E-state index in [1.165, 1.54) is 25.7 Å². The number of hydrogen-bond donors (Lipinski definition) is 0. The molecule has 3 heterocycles. The SMILES string of the molecule is COc1ccc2c(n1)n1c(C3(C4CC4)CC3)nnc1c(=O)n2CC1CC1. The third kappa shape index (κ3) is 1.94. The Hall–Kier alpha value is -2.44. The van der Waals surface area contributed by atoms with Crippen LogP contribution >= 0.6 is 0 Å². The van der Waals surface area contributed by atoms with Gasteiger partial charge in [0.2, 0.25) is 11.5 Å². The molecule has 0 amide bonds. The van der Waals surface area contributed by atoms with E-state index in [4.69, 9.17) is 9.72 Å². The summed E-state index contributed by atoms with van der Waals surface area (Å²) in [7, 11) is 1.62. The number of ether oxygens (including phenoxy) is 1. The Balaban J connectivity index is 1.69. The molecule has 0 N–H and O–H groups in total. The summed E-state index contributed by atoms with van der Waals surface area (Å²) in [6.07, 6.45) is 7.14. The lowest BCUT2D eigenvalue weighted by atomic mass is 10.00. The molecular formula is C19H21N5O2. The third-order valence-corrected chi connectivity index (χ3v) is 6.37. The lowest BCUT2D eigenvalue weighted by Gasteiger charge is -2.15. The molecule has 134 valence electrons. The van der Waals surface area contributed by atoms with Gasteiger partial charge in [0.1, 0.15) is 5.82 Å². The van der Waals surface area contributed by atoms with Crippen molar-refractivity contribution in [3.05, 3.63) is 28.3 Å². The molecule has 3 aromatic rings. The summed E-state index contributed by atoms with van der Waals surface area (Å²) in [5.41, 5.74) is 2.04. The lowest BCUT2D eigenvalue weighted by Crippen LogP contribution is -2.26. The molecule has 0 aromatic carbocycles. The Morgan fingerprint density at radius 2 is 1.96 bits per heavy atom. The Morgan fingerprint density at radius 3 is 2.62 bits per heavy atom. The van der Waals surface area contributed by atoms with Crippen molar-refractivity contribution in [2.24, 2.45) is 11.8 Å². The van der Waals surface area contributed by atoms with Crippen LogP contribution in [0.2, 0.25) is 0 Å². The van der Waals surface area contributed by atoms with Crippen molar-refractivity contribution in [3.63, 3.8) is 0 Å². The molecule has 26 heavy (non-hydrogen) atoms. The number of fused-ring (bicyclic) bond motifs is 3. The molecule has 0 radical (unpaired) electrons. The van der Waals surface area contributed by atoms with Gasteiger partial charge in [0.15, 0.2) is 5.65 Å². The van der Waals surface area contributed by atoms with Crippen LogP contribution in [0, 0.1) is 11.8 Å². The van der Waals surface area contributed by atoms with Crippen LogP contribution in [-0.2, 0) is 12.0 Å². The van der Waals surface area contributed by atoms with Crippen LogP contribution in [0.5, 0.6) is 5.88 Å². The highest BCUT2D eigenvalue weighted by atomic mass is 16.5. The second kappa shape index (κ2) is 4.84. The van der Waals surface area contributed by atoms with E-state index >= 15 is 0 Å². The first-order valence-corrected chi connectivity index (χ1v) is 9.54. The highest BCUT2D eigenvalue weighted by molar-refractivity contribution is 5.75. The van der Waals surface area contributed by atoms with Crippen molar-refractivity contribution in [1.82, 2.24) is 24.1 Å². The summed E-state index contributed by atoms with van der Waals surface area (Å²) < 4.78 is 9.12. The Kier molecular flexibility index (Phi) is 2.74. The van der Waals surface area contributed by atoms with Crippen LogP contribution < -0.4 is 10.3 Å². The van der Waals surface area contributed by atoms with E-state index in [9.17, 15) is 4.79 Å². The number of hydrogen-bond acceptors (Lipinski definition) is 5. The summed E-state index contributed by atoms with van der Waals surface area (Å²) in [4.78, 5) is 17.9. The quantitative estimate of drug-likeness (QED) is 0.705. The van der Waals surface area contributed by atoms with E-state index < -0.39 is 0 Å². The first-order chi connectivity index (χ1) is 12.7. The van der Waals surface area contributed by atoms with E-state index in [0.717, 1.165) is 36.4 Å². The zero-order chi connectivity index (χ0) is 17.5. The number of rotatable bonds is 5. The van der Waals surface area contributed by atoms with Gasteiger partial charge in [-0.25, -0.2) is 0 Å². The van der Waals surface area contributed by atoms with Crippen LogP contribution in [0.3, 0.4) is 0 Å². The molecule has 3 fully saturated rings.